The molecule has 1 aliphatic heterocycles. The Bertz CT molecular complexity index is 597. The number of likely N-dealkylation sites (tertiary alicyclic amines) is 1. The summed E-state index contributed by atoms with van der Waals surface area (Å²) in [5, 5.41) is 6.94. The number of rotatable bonds is 7. The maximum atomic E-state index is 13.5. The van der Waals surface area contributed by atoms with Crippen LogP contribution in [0.5, 0.6) is 0 Å². The standard InChI is InChI=1S/C20H31FN4.HI/c1-3-18(25-11-4-5-12-25)14-23-19(22-2)24-15-20(9-10-20)16-7-6-8-17(21)13-16;/h6-8,13,18H,3-5,9-12,14-15H2,1-2H3,(H2,22,23,24);1H. The lowest BCUT2D eigenvalue weighted by Crippen LogP contribution is -2.47. The van der Waals surface area contributed by atoms with Gasteiger partial charge in [-0.15, -0.1) is 24.0 Å². The van der Waals surface area contributed by atoms with E-state index in [0.29, 0.717) is 6.04 Å². The van der Waals surface area contributed by atoms with Gasteiger partial charge in [0, 0.05) is 31.6 Å². The van der Waals surface area contributed by atoms with Crippen LogP contribution in [0, 0.1) is 5.82 Å². The predicted octanol–water partition coefficient (Wildman–Crippen LogP) is 3.51. The van der Waals surface area contributed by atoms with Crippen LogP contribution in [0.3, 0.4) is 0 Å². The normalized spacial score (nSPS) is 20.3. The summed E-state index contributed by atoms with van der Waals surface area (Å²) >= 11 is 0. The van der Waals surface area contributed by atoms with Gasteiger partial charge in [-0.05, 0) is 62.9 Å². The molecule has 0 radical (unpaired) electrons. The molecule has 1 unspecified atom stereocenters. The number of hydrogen-bond acceptors (Lipinski definition) is 2. The number of benzene rings is 1. The van der Waals surface area contributed by atoms with E-state index in [4.69, 9.17) is 0 Å². The first-order chi connectivity index (χ1) is 12.2. The highest BCUT2D eigenvalue weighted by Gasteiger charge is 2.44. The Labute approximate surface area is 174 Å². The van der Waals surface area contributed by atoms with E-state index in [0.717, 1.165) is 43.9 Å². The van der Waals surface area contributed by atoms with E-state index in [2.05, 4.69) is 27.4 Å². The zero-order valence-electron chi connectivity index (χ0n) is 15.9. The van der Waals surface area contributed by atoms with Crippen LogP contribution in [0.2, 0.25) is 0 Å². The summed E-state index contributed by atoms with van der Waals surface area (Å²) in [7, 11) is 1.81. The van der Waals surface area contributed by atoms with Gasteiger partial charge in [0.1, 0.15) is 5.82 Å². The third kappa shape index (κ3) is 5.31. The van der Waals surface area contributed by atoms with Crippen LogP contribution >= 0.6 is 24.0 Å². The van der Waals surface area contributed by atoms with Gasteiger partial charge >= 0.3 is 0 Å². The molecule has 2 N–H and O–H groups in total. The molecule has 1 heterocycles. The molecule has 26 heavy (non-hydrogen) atoms. The molecule has 1 atom stereocenters. The lowest BCUT2D eigenvalue weighted by Gasteiger charge is -2.27. The van der Waals surface area contributed by atoms with Crippen molar-refractivity contribution in [1.82, 2.24) is 15.5 Å². The first kappa shape index (κ1) is 21.4. The van der Waals surface area contributed by atoms with E-state index in [-0.39, 0.29) is 35.2 Å². The van der Waals surface area contributed by atoms with Crippen LogP contribution in [-0.4, -0.2) is 50.1 Å². The highest BCUT2D eigenvalue weighted by atomic mass is 127. The summed E-state index contributed by atoms with van der Waals surface area (Å²) in [6, 6.07) is 7.59. The molecule has 2 aliphatic rings. The molecule has 6 heteroatoms. The Morgan fingerprint density at radius 1 is 1.27 bits per heavy atom. The van der Waals surface area contributed by atoms with E-state index >= 15 is 0 Å². The van der Waals surface area contributed by atoms with Crippen LogP contribution in [0.4, 0.5) is 4.39 Å². The SMILES string of the molecule is CCC(CNC(=NC)NCC1(c2cccc(F)c2)CC1)N1CCCC1.I. The van der Waals surface area contributed by atoms with Crippen molar-refractivity contribution < 1.29 is 4.39 Å². The highest BCUT2D eigenvalue weighted by Crippen LogP contribution is 2.47. The third-order valence-corrected chi connectivity index (χ3v) is 5.74. The number of aliphatic imine (C=N–C) groups is 1. The second-order valence-electron chi connectivity index (χ2n) is 7.40. The van der Waals surface area contributed by atoms with Crippen molar-refractivity contribution in [3.63, 3.8) is 0 Å². The summed E-state index contributed by atoms with van der Waals surface area (Å²) in [6.45, 7) is 6.41. The Balaban J connectivity index is 0.00000243. The molecule has 1 aliphatic carbocycles. The van der Waals surface area contributed by atoms with Gasteiger partial charge < -0.3 is 10.6 Å². The summed E-state index contributed by atoms with van der Waals surface area (Å²) in [4.78, 5) is 6.94. The lowest BCUT2D eigenvalue weighted by molar-refractivity contribution is 0.236. The van der Waals surface area contributed by atoms with Crippen LogP contribution in [0.25, 0.3) is 0 Å². The quantitative estimate of drug-likeness (QED) is 0.361. The highest BCUT2D eigenvalue weighted by molar-refractivity contribution is 14.0. The molecular formula is C20H32FIN4. The van der Waals surface area contributed by atoms with Gasteiger partial charge in [0.2, 0.25) is 0 Å². The molecule has 146 valence electrons. The van der Waals surface area contributed by atoms with Gasteiger partial charge in [0.25, 0.3) is 0 Å². The van der Waals surface area contributed by atoms with E-state index < -0.39 is 0 Å². The molecule has 3 rings (SSSR count). The molecule has 0 spiro atoms. The molecule has 1 aromatic carbocycles. The van der Waals surface area contributed by atoms with Crippen molar-refractivity contribution in [3.05, 3.63) is 35.6 Å². The number of nitrogens with zero attached hydrogens (tertiary/aromatic N) is 2. The van der Waals surface area contributed by atoms with Crippen LogP contribution in [-0.2, 0) is 5.41 Å². The van der Waals surface area contributed by atoms with E-state index in [1.807, 2.05) is 13.1 Å². The Morgan fingerprint density at radius 2 is 2.00 bits per heavy atom. The van der Waals surface area contributed by atoms with E-state index in [1.54, 1.807) is 12.1 Å². The van der Waals surface area contributed by atoms with Gasteiger partial charge in [0.05, 0.1) is 0 Å². The van der Waals surface area contributed by atoms with Gasteiger partial charge in [-0.3, -0.25) is 9.89 Å². The van der Waals surface area contributed by atoms with Crippen molar-refractivity contribution in [2.45, 2.75) is 50.5 Å². The van der Waals surface area contributed by atoms with Crippen molar-refractivity contribution >= 4 is 29.9 Å². The second kappa shape index (κ2) is 9.88. The molecule has 0 amide bonds. The smallest absolute Gasteiger partial charge is 0.191 e. The molecule has 0 bridgehead atoms. The molecule has 1 saturated carbocycles. The maximum Gasteiger partial charge on any atom is 0.191 e. The first-order valence-corrected chi connectivity index (χ1v) is 9.61. The Hall–Kier alpha value is -0.890. The topological polar surface area (TPSA) is 39.7 Å². The first-order valence-electron chi connectivity index (χ1n) is 9.61. The fourth-order valence-electron chi connectivity index (χ4n) is 3.86. The second-order valence-corrected chi connectivity index (χ2v) is 7.40. The summed E-state index contributed by atoms with van der Waals surface area (Å²) < 4.78 is 13.5. The Kier molecular flexibility index (Phi) is 8.13. The van der Waals surface area contributed by atoms with Crippen molar-refractivity contribution in [2.75, 3.05) is 33.2 Å². The molecule has 0 aromatic heterocycles. The average Bonchev–Trinajstić information content (AvgIpc) is 3.23. The fourth-order valence-corrected chi connectivity index (χ4v) is 3.86. The molecule has 4 nitrogen and oxygen atoms in total. The van der Waals surface area contributed by atoms with E-state index in [1.165, 1.54) is 32.0 Å². The summed E-state index contributed by atoms with van der Waals surface area (Å²) in [5.41, 5.74) is 1.16. The van der Waals surface area contributed by atoms with Crippen LogP contribution in [0.15, 0.2) is 29.3 Å². The van der Waals surface area contributed by atoms with Gasteiger partial charge in [-0.1, -0.05) is 19.1 Å². The van der Waals surface area contributed by atoms with Crippen molar-refractivity contribution in [2.24, 2.45) is 4.99 Å². The van der Waals surface area contributed by atoms with Gasteiger partial charge in [-0.25, -0.2) is 4.39 Å². The monoisotopic (exact) mass is 474 g/mol. The van der Waals surface area contributed by atoms with E-state index in [9.17, 15) is 4.39 Å². The predicted molar refractivity (Wildman–Crippen MR) is 117 cm³/mol. The average molecular weight is 474 g/mol. The molecule has 2 fully saturated rings. The lowest BCUT2D eigenvalue weighted by atomic mass is 9.96. The minimum absolute atomic E-state index is 0. The zero-order valence-corrected chi connectivity index (χ0v) is 18.3. The van der Waals surface area contributed by atoms with Gasteiger partial charge in [-0.2, -0.15) is 0 Å². The number of guanidine groups is 1. The van der Waals surface area contributed by atoms with Crippen LogP contribution in [0.1, 0.15) is 44.6 Å². The zero-order chi connectivity index (χ0) is 17.7. The maximum absolute atomic E-state index is 13.5. The van der Waals surface area contributed by atoms with Crippen molar-refractivity contribution in [1.29, 1.82) is 0 Å². The molecule has 1 saturated heterocycles. The van der Waals surface area contributed by atoms with Gasteiger partial charge in [0.15, 0.2) is 5.96 Å². The number of hydrogen-bond donors (Lipinski definition) is 2. The summed E-state index contributed by atoms with van der Waals surface area (Å²) in [6.07, 6.45) is 5.99. The van der Waals surface area contributed by atoms with Crippen molar-refractivity contribution in [3.8, 4) is 0 Å². The Morgan fingerprint density at radius 3 is 2.58 bits per heavy atom. The largest absolute Gasteiger partial charge is 0.356 e. The minimum Gasteiger partial charge on any atom is -0.356 e. The third-order valence-electron chi connectivity index (χ3n) is 5.74. The fraction of sp³-hybridized carbons (Fsp3) is 0.650. The number of halogens is 2. The number of nitrogens with one attached hydrogen (secondary N) is 2. The minimum atomic E-state index is -0.150. The van der Waals surface area contributed by atoms with Crippen LogP contribution < -0.4 is 10.6 Å². The molecule has 1 aromatic rings. The molecular weight excluding hydrogens is 442 g/mol. The summed E-state index contributed by atoms with van der Waals surface area (Å²) in [5.74, 6) is 0.697.